The lowest BCUT2D eigenvalue weighted by Gasteiger charge is -2.17. The zero-order valence-electron chi connectivity index (χ0n) is 16.0. The zero-order chi connectivity index (χ0) is 17.9. The fourth-order valence-corrected chi connectivity index (χ4v) is 3.74. The predicted molar refractivity (Wildman–Crippen MR) is 122 cm³/mol. The molecular formula is C19H32IN3O2S. The molecule has 0 aliphatic heterocycles. The van der Waals surface area contributed by atoms with Crippen LogP contribution in [-0.4, -0.2) is 50.4 Å². The molecule has 0 bridgehead atoms. The summed E-state index contributed by atoms with van der Waals surface area (Å²) in [5.41, 5.74) is 1.14. The van der Waals surface area contributed by atoms with E-state index in [4.69, 9.17) is 14.5 Å². The third-order valence-electron chi connectivity index (χ3n) is 4.28. The molecule has 2 atom stereocenters. The summed E-state index contributed by atoms with van der Waals surface area (Å²) in [5.74, 6) is 1.77. The van der Waals surface area contributed by atoms with E-state index in [2.05, 4.69) is 29.9 Å². The van der Waals surface area contributed by atoms with Crippen molar-refractivity contribution in [3.05, 3.63) is 29.8 Å². The van der Waals surface area contributed by atoms with Gasteiger partial charge in [-0.2, -0.15) is 11.8 Å². The number of aliphatic imine (C=N–C) groups is 1. The van der Waals surface area contributed by atoms with Crippen LogP contribution in [0.2, 0.25) is 0 Å². The first-order chi connectivity index (χ1) is 12.2. The molecule has 0 heterocycles. The van der Waals surface area contributed by atoms with Gasteiger partial charge in [-0.05, 0) is 50.1 Å². The summed E-state index contributed by atoms with van der Waals surface area (Å²) >= 11 is 1.97. The maximum absolute atomic E-state index is 5.67. The largest absolute Gasteiger partial charge is 0.491 e. The van der Waals surface area contributed by atoms with Crippen LogP contribution in [-0.2, 0) is 11.3 Å². The second-order valence-electron chi connectivity index (χ2n) is 6.20. The molecule has 26 heavy (non-hydrogen) atoms. The maximum atomic E-state index is 5.67. The lowest BCUT2D eigenvalue weighted by atomic mass is 10.2. The molecule has 1 aliphatic rings. The van der Waals surface area contributed by atoms with Gasteiger partial charge in [0.25, 0.3) is 0 Å². The highest BCUT2D eigenvalue weighted by atomic mass is 127. The second-order valence-corrected chi connectivity index (χ2v) is 7.33. The Morgan fingerprint density at radius 2 is 2.15 bits per heavy atom. The number of nitrogens with zero attached hydrogens (tertiary/aromatic N) is 1. The van der Waals surface area contributed by atoms with E-state index in [9.17, 15) is 0 Å². The van der Waals surface area contributed by atoms with Gasteiger partial charge in [0, 0.05) is 24.9 Å². The molecule has 2 rings (SSSR count). The van der Waals surface area contributed by atoms with Crippen LogP contribution in [0.4, 0.5) is 0 Å². The van der Waals surface area contributed by atoms with Crippen LogP contribution in [0.25, 0.3) is 0 Å². The number of thioether (sulfide) groups is 1. The lowest BCUT2D eigenvalue weighted by Crippen LogP contribution is -2.42. The average molecular weight is 493 g/mol. The van der Waals surface area contributed by atoms with Gasteiger partial charge in [-0.1, -0.05) is 12.1 Å². The molecule has 0 radical (unpaired) electrons. The van der Waals surface area contributed by atoms with Crippen LogP contribution in [0.5, 0.6) is 5.75 Å². The summed E-state index contributed by atoms with van der Waals surface area (Å²) in [7, 11) is 1.68. The molecule has 0 spiro atoms. The fraction of sp³-hybridized carbons (Fsp3) is 0.632. The number of rotatable bonds is 9. The standard InChI is InChI=1S/C19H31N3O2S.HI/c1-4-20-19(22-16-8-9-18(13-16)25-3)21-14-15-6-5-7-17(12-15)24-11-10-23-2;/h5-7,12,16,18H,4,8-11,13-14H2,1-3H3,(H2,20,21,22);1H. The Bertz CT molecular complexity index is 545. The van der Waals surface area contributed by atoms with E-state index in [1.807, 2.05) is 30.0 Å². The smallest absolute Gasteiger partial charge is 0.191 e. The van der Waals surface area contributed by atoms with Gasteiger partial charge < -0.3 is 20.1 Å². The molecule has 0 aromatic heterocycles. The minimum Gasteiger partial charge on any atom is -0.491 e. The van der Waals surface area contributed by atoms with Crippen LogP contribution < -0.4 is 15.4 Å². The van der Waals surface area contributed by atoms with Gasteiger partial charge >= 0.3 is 0 Å². The highest BCUT2D eigenvalue weighted by Gasteiger charge is 2.24. The number of hydrogen-bond acceptors (Lipinski definition) is 4. The Morgan fingerprint density at radius 1 is 1.31 bits per heavy atom. The van der Waals surface area contributed by atoms with Crippen molar-refractivity contribution in [1.82, 2.24) is 10.6 Å². The Balaban J connectivity index is 0.00000338. The van der Waals surface area contributed by atoms with E-state index in [0.29, 0.717) is 25.8 Å². The zero-order valence-corrected chi connectivity index (χ0v) is 19.1. The van der Waals surface area contributed by atoms with Crippen LogP contribution in [0.15, 0.2) is 29.3 Å². The highest BCUT2D eigenvalue weighted by molar-refractivity contribution is 14.0. The van der Waals surface area contributed by atoms with Gasteiger partial charge in [0.15, 0.2) is 5.96 Å². The van der Waals surface area contributed by atoms with Crippen molar-refractivity contribution < 1.29 is 9.47 Å². The summed E-state index contributed by atoms with van der Waals surface area (Å²) in [6.07, 6.45) is 5.93. The Hall–Kier alpha value is -0.670. The number of methoxy groups -OCH3 is 1. The third-order valence-corrected chi connectivity index (χ3v) is 5.37. The number of nitrogens with one attached hydrogen (secondary N) is 2. The molecule has 1 aromatic carbocycles. The Labute approximate surface area is 179 Å². The van der Waals surface area contributed by atoms with E-state index in [0.717, 1.165) is 29.1 Å². The molecule has 0 amide bonds. The van der Waals surface area contributed by atoms with E-state index in [1.54, 1.807) is 7.11 Å². The van der Waals surface area contributed by atoms with Gasteiger partial charge in [0.05, 0.1) is 13.2 Å². The van der Waals surface area contributed by atoms with Crippen LogP contribution in [0.1, 0.15) is 31.7 Å². The Kier molecular flexibility index (Phi) is 12.1. The first-order valence-corrected chi connectivity index (χ1v) is 10.3. The quantitative estimate of drug-likeness (QED) is 0.238. The second kappa shape index (κ2) is 13.5. The highest BCUT2D eigenvalue weighted by Crippen LogP contribution is 2.28. The number of hydrogen-bond donors (Lipinski definition) is 2. The SMILES string of the molecule is CCNC(=NCc1cccc(OCCOC)c1)NC1CCC(SC)C1.I. The minimum atomic E-state index is 0. The fourth-order valence-electron chi connectivity index (χ4n) is 2.95. The molecule has 1 aromatic rings. The van der Waals surface area contributed by atoms with Crippen molar-refractivity contribution in [2.24, 2.45) is 4.99 Å². The van der Waals surface area contributed by atoms with E-state index in [1.165, 1.54) is 19.3 Å². The van der Waals surface area contributed by atoms with Crippen LogP contribution in [0, 0.1) is 0 Å². The molecule has 2 unspecified atom stereocenters. The molecule has 0 saturated heterocycles. The first kappa shape index (κ1) is 23.4. The molecular weight excluding hydrogens is 461 g/mol. The van der Waals surface area contributed by atoms with Crippen molar-refractivity contribution in [2.45, 2.75) is 44.0 Å². The van der Waals surface area contributed by atoms with Crippen LogP contribution in [0.3, 0.4) is 0 Å². The van der Waals surface area contributed by atoms with Crippen LogP contribution >= 0.6 is 35.7 Å². The molecule has 1 fully saturated rings. The van der Waals surface area contributed by atoms with Gasteiger partial charge in [-0.25, -0.2) is 4.99 Å². The van der Waals surface area contributed by atoms with E-state index in [-0.39, 0.29) is 24.0 Å². The summed E-state index contributed by atoms with van der Waals surface area (Å²) in [6, 6.07) is 8.62. The lowest BCUT2D eigenvalue weighted by molar-refractivity contribution is 0.146. The average Bonchev–Trinajstić information content (AvgIpc) is 3.08. The number of ether oxygens (including phenoxy) is 2. The summed E-state index contributed by atoms with van der Waals surface area (Å²) in [4.78, 5) is 4.74. The monoisotopic (exact) mass is 493 g/mol. The summed E-state index contributed by atoms with van der Waals surface area (Å²) < 4.78 is 10.7. The van der Waals surface area contributed by atoms with E-state index < -0.39 is 0 Å². The summed E-state index contributed by atoms with van der Waals surface area (Å²) in [5, 5.41) is 7.72. The number of guanidine groups is 1. The minimum absolute atomic E-state index is 0. The first-order valence-electron chi connectivity index (χ1n) is 9.03. The van der Waals surface area contributed by atoms with Crippen molar-refractivity contribution in [1.29, 1.82) is 0 Å². The third kappa shape index (κ3) is 8.35. The number of benzene rings is 1. The summed E-state index contributed by atoms with van der Waals surface area (Å²) in [6.45, 7) is 4.75. The molecule has 1 saturated carbocycles. The molecule has 5 nitrogen and oxygen atoms in total. The van der Waals surface area contributed by atoms with Crippen molar-refractivity contribution >= 4 is 41.7 Å². The van der Waals surface area contributed by atoms with Crippen molar-refractivity contribution in [3.8, 4) is 5.75 Å². The number of halogens is 1. The van der Waals surface area contributed by atoms with Gasteiger partial charge in [-0.3, -0.25) is 0 Å². The normalized spacial score (nSPS) is 19.7. The molecule has 7 heteroatoms. The van der Waals surface area contributed by atoms with Gasteiger partial charge in [-0.15, -0.1) is 24.0 Å². The predicted octanol–water partition coefficient (Wildman–Crippen LogP) is 3.67. The molecule has 2 N–H and O–H groups in total. The van der Waals surface area contributed by atoms with Gasteiger partial charge in [0.2, 0.25) is 0 Å². The Morgan fingerprint density at radius 3 is 2.85 bits per heavy atom. The van der Waals surface area contributed by atoms with Crippen molar-refractivity contribution in [3.63, 3.8) is 0 Å². The van der Waals surface area contributed by atoms with Crippen molar-refractivity contribution in [2.75, 3.05) is 33.1 Å². The topological polar surface area (TPSA) is 54.9 Å². The molecule has 148 valence electrons. The van der Waals surface area contributed by atoms with Gasteiger partial charge in [0.1, 0.15) is 12.4 Å². The van der Waals surface area contributed by atoms with E-state index >= 15 is 0 Å². The maximum Gasteiger partial charge on any atom is 0.191 e. The molecule has 1 aliphatic carbocycles.